The van der Waals surface area contributed by atoms with Crippen LogP contribution in [0, 0.1) is 0 Å². The summed E-state index contributed by atoms with van der Waals surface area (Å²) in [6, 6.07) is 7.92. The Bertz CT molecular complexity index is 403. The minimum atomic E-state index is 0. The first kappa shape index (κ1) is 22.6. The normalized spacial score (nSPS) is 14.3. The van der Waals surface area contributed by atoms with Gasteiger partial charge in [0.2, 0.25) is 0 Å². The number of nitrogens with one attached hydrogen (secondary N) is 1. The SMILES string of the molecule is O.O.S=C([S-])NN1CCN(c2ccc(Cl)cc2)CC1.[Na+]. The molecule has 0 unspecified atom stereocenters. The fourth-order valence-corrected chi connectivity index (χ4v) is 2.24. The second-order valence-corrected chi connectivity index (χ2v) is 5.36. The first-order chi connectivity index (χ1) is 8.15. The van der Waals surface area contributed by atoms with Crippen molar-refractivity contribution in [2.45, 2.75) is 0 Å². The molecule has 108 valence electrons. The van der Waals surface area contributed by atoms with Crippen molar-refractivity contribution in [1.29, 1.82) is 0 Å². The summed E-state index contributed by atoms with van der Waals surface area (Å²) in [6.45, 7) is 3.71. The van der Waals surface area contributed by atoms with Gasteiger partial charge in [-0.15, -0.1) is 0 Å². The molecule has 1 aromatic carbocycles. The largest absolute Gasteiger partial charge is 1.00 e. The van der Waals surface area contributed by atoms with Crippen molar-refractivity contribution < 1.29 is 40.5 Å². The van der Waals surface area contributed by atoms with Crippen molar-refractivity contribution >= 4 is 46.5 Å². The number of halogens is 1. The molecule has 2 rings (SSSR count). The molecule has 0 aromatic heterocycles. The Morgan fingerprint density at radius 1 is 1.10 bits per heavy atom. The maximum Gasteiger partial charge on any atom is 1.00 e. The van der Waals surface area contributed by atoms with Gasteiger partial charge in [-0.25, -0.2) is 5.01 Å². The van der Waals surface area contributed by atoms with Crippen molar-refractivity contribution in [1.82, 2.24) is 10.4 Å². The number of piperazine rings is 1. The fourth-order valence-electron chi connectivity index (χ4n) is 1.86. The van der Waals surface area contributed by atoms with Crippen LogP contribution in [0.25, 0.3) is 0 Å². The third-order valence-corrected chi connectivity index (χ3v) is 3.16. The summed E-state index contributed by atoms with van der Waals surface area (Å²) in [5.41, 5.74) is 4.20. The molecule has 0 spiro atoms. The summed E-state index contributed by atoms with van der Waals surface area (Å²) in [5, 5.41) is 2.83. The Morgan fingerprint density at radius 3 is 2.05 bits per heavy atom. The van der Waals surface area contributed by atoms with E-state index in [4.69, 9.17) is 36.4 Å². The van der Waals surface area contributed by atoms with Crippen molar-refractivity contribution in [3.63, 3.8) is 0 Å². The van der Waals surface area contributed by atoms with Gasteiger partial charge in [-0.3, -0.25) is 0 Å². The maximum atomic E-state index is 5.87. The van der Waals surface area contributed by atoms with Crippen LogP contribution in [-0.4, -0.2) is 46.5 Å². The monoisotopic (exact) mass is 345 g/mol. The van der Waals surface area contributed by atoms with Crippen LogP contribution in [-0.2, 0) is 12.6 Å². The zero-order valence-corrected chi connectivity index (χ0v) is 15.6. The standard InChI is InChI=1S/C11H14ClN3S2.Na.2H2O/c12-9-1-3-10(4-2-9)14-5-7-15(8-6-14)13-11(16)17;;;/h1-4H,5-8H2,(H2,13,16,17);;2*1H2/q;+1;;/p-1. The number of benzene rings is 1. The topological polar surface area (TPSA) is 81.5 Å². The first-order valence-corrected chi connectivity index (χ1v) is 6.58. The molecular formula is C11H17ClN3NaO2S2. The Kier molecular flexibility index (Phi) is 12.4. The molecule has 1 aliphatic heterocycles. The maximum absolute atomic E-state index is 5.87. The quantitative estimate of drug-likeness (QED) is 0.354. The van der Waals surface area contributed by atoms with Crippen LogP contribution in [0.4, 0.5) is 5.69 Å². The number of anilines is 1. The Hall–Kier alpha value is 0.300. The molecule has 5 N–H and O–H groups in total. The van der Waals surface area contributed by atoms with Crippen LogP contribution < -0.4 is 39.9 Å². The van der Waals surface area contributed by atoms with E-state index >= 15 is 0 Å². The van der Waals surface area contributed by atoms with Gasteiger partial charge >= 0.3 is 29.6 Å². The van der Waals surface area contributed by atoms with Gasteiger partial charge in [-0.2, -0.15) is 0 Å². The van der Waals surface area contributed by atoms with Crippen LogP contribution in [0.15, 0.2) is 24.3 Å². The molecule has 0 aliphatic carbocycles. The van der Waals surface area contributed by atoms with E-state index in [9.17, 15) is 0 Å². The number of hydrogen-bond acceptors (Lipinski definition) is 4. The average molecular weight is 346 g/mol. The Labute approximate surface area is 156 Å². The van der Waals surface area contributed by atoms with Gasteiger partial charge in [0.25, 0.3) is 0 Å². The molecule has 1 aliphatic rings. The number of hydrogen-bond donors (Lipinski definition) is 1. The van der Waals surface area contributed by atoms with Crippen LogP contribution in [0.3, 0.4) is 0 Å². The minimum Gasteiger partial charge on any atom is -0.412 e. The van der Waals surface area contributed by atoms with Crippen LogP contribution in [0.5, 0.6) is 0 Å². The molecule has 1 heterocycles. The summed E-state index contributed by atoms with van der Waals surface area (Å²) in [4.78, 5) is 2.32. The van der Waals surface area contributed by atoms with Gasteiger partial charge in [0.1, 0.15) is 0 Å². The summed E-state index contributed by atoms with van der Waals surface area (Å²) >= 11 is 15.6. The van der Waals surface area contributed by atoms with Gasteiger partial charge in [0.15, 0.2) is 0 Å². The molecular weight excluding hydrogens is 329 g/mol. The first-order valence-electron chi connectivity index (χ1n) is 5.38. The van der Waals surface area contributed by atoms with Crippen molar-refractivity contribution in [3.8, 4) is 0 Å². The fraction of sp³-hybridized carbons (Fsp3) is 0.364. The van der Waals surface area contributed by atoms with E-state index in [-0.39, 0.29) is 40.5 Å². The van der Waals surface area contributed by atoms with E-state index in [0.29, 0.717) is 4.32 Å². The van der Waals surface area contributed by atoms with Gasteiger partial charge in [0.05, 0.1) is 0 Å². The van der Waals surface area contributed by atoms with E-state index in [1.807, 2.05) is 24.3 Å². The molecule has 0 saturated carbocycles. The third-order valence-electron chi connectivity index (χ3n) is 2.72. The molecule has 1 saturated heterocycles. The molecule has 0 radical (unpaired) electrons. The van der Waals surface area contributed by atoms with Gasteiger partial charge in [-0.1, -0.05) is 11.6 Å². The summed E-state index contributed by atoms with van der Waals surface area (Å²) in [6.07, 6.45) is 0. The molecule has 5 nitrogen and oxygen atoms in total. The van der Waals surface area contributed by atoms with E-state index in [1.165, 1.54) is 5.69 Å². The summed E-state index contributed by atoms with van der Waals surface area (Å²) in [5.74, 6) is 0. The smallest absolute Gasteiger partial charge is 0.412 e. The number of rotatable bonds is 2. The molecule has 9 heteroatoms. The van der Waals surface area contributed by atoms with E-state index in [1.54, 1.807) is 0 Å². The van der Waals surface area contributed by atoms with E-state index in [0.717, 1.165) is 31.2 Å². The summed E-state index contributed by atoms with van der Waals surface area (Å²) < 4.78 is 0.407. The molecule has 0 bridgehead atoms. The second-order valence-electron chi connectivity index (χ2n) is 3.85. The van der Waals surface area contributed by atoms with Crippen LogP contribution >= 0.6 is 23.8 Å². The molecule has 1 aromatic rings. The van der Waals surface area contributed by atoms with Gasteiger partial charge < -0.3 is 46.1 Å². The van der Waals surface area contributed by atoms with Crippen molar-refractivity contribution in [2.75, 3.05) is 31.1 Å². The predicted molar refractivity (Wildman–Crippen MR) is 85.6 cm³/mol. The van der Waals surface area contributed by atoms with Gasteiger partial charge in [-0.05, 0) is 28.6 Å². The van der Waals surface area contributed by atoms with Crippen molar-refractivity contribution in [3.05, 3.63) is 29.3 Å². The van der Waals surface area contributed by atoms with E-state index < -0.39 is 0 Å². The third kappa shape index (κ3) is 6.84. The predicted octanol–water partition coefficient (Wildman–Crippen LogP) is -2.85. The number of thiocarbonyl (C=S) groups is 1. The molecule has 0 amide bonds. The Balaban J connectivity index is 0. The number of nitrogens with zero attached hydrogens (tertiary/aromatic N) is 2. The molecule has 20 heavy (non-hydrogen) atoms. The molecule has 0 atom stereocenters. The van der Waals surface area contributed by atoms with Crippen LogP contribution in [0.2, 0.25) is 5.02 Å². The average Bonchev–Trinajstić information content (AvgIpc) is 2.30. The van der Waals surface area contributed by atoms with Crippen molar-refractivity contribution in [2.24, 2.45) is 0 Å². The zero-order chi connectivity index (χ0) is 12.3. The second kappa shape index (κ2) is 10.9. The Morgan fingerprint density at radius 2 is 1.60 bits per heavy atom. The summed E-state index contributed by atoms with van der Waals surface area (Å²) in [7, 11) is 0. The van der Waals surface area contributed by atoms with Crippen LogP contribution in [0.1, 0.15) is 0 Å². The van der Waals surface area contributed by atoms with Gasteiger partial charge in [0, 0.05) is 36.9 Å². The number of hydrazine groups is 1. The molecule has 1 fully saturated rings. The minimum absolute atomic E-state index is 0. The zero-order valence-electron chi connectivity index (χ0n) is 11.2. The van der Waals surface area contributed by atoms with E-state index in [2.05, 4.69) is 15.3 Å².